The summed E-state index contributed by atoms with van der Waals surface area (Å²) < 4.78 is 35.8. The molecule has 7 nitrogen and oxygen atoms in total. The Balaban J connectivity index is 1.83. The SMILES string of the molecule is COCC(C)Oc1cc(Oc2ccc(C(=O)N3CCC3)cc2F)cc(C(=O)OC)c1. The number of ether oxygens (including phenoxy) is 4. The first kappa shape index (κ1) is 21.6. The predicted molar refractivity (Wildman–Crippen MR) is 107 cm³/mol. The number of halogens is 1. The average Bonchev–Trinajstić information content (AvgIpc) is 2.67. The van der Waals surface area contributed by atoms with Gasteiger partial charge >= 0.3 is 5.97 Å². The van der Waals surface area contributed by atoms with Gasteiger partial charge in [-0.05, 0) is 43.7 Å². The number of likely N-dealkylation sites (tertiary alicyclic amines) is 1. The number of esters is 1. The molecule has 3 rings (SSSR count). The van der Waals surface area contributed by atoms with Crippen LogP contribution in [0.2, 0.25) is 0 Å². The summed E-state index contributed by atoms with van der Waals surface area (Å²) in [7, 11) is 2.82. The third-order valence-corrected chi connectivity index (χ3v) is 4.59. The molecule has 0 aliphatic carbocycles. The van der Waals surface area contributed by atoms with Gasteiger partial charge in [0.1, 0.15) is 17.6 Å². The molecule has 0 bridgehead atoms. The van der Waals surface area contributed by atoms with Crippen molar-refractivity contribution in [3.8, 4) is 17.2 Å². The van der Waals surface area contributed by atoms with Gasteiger partial charge in [0.2, 0.25) is 0 Å². The minimum atomic E-state index is -0.680. The molecular formula is C22H24FNO6. The number of hydrogen-bond acceptors (Lipinski definition) is 6. The highest BCUT2D eigenvalue weighted by atomic mass is 19.1. The van der Waals surface area contributed by atoms with Crippen molar-refractivity contribution in [1.29, 1.82) is 0 Å². The first-order valence-corrected chi connectivity index (χ1v) is 9.57. The third-order valence-electron chi connectivity index (χ3n) is 4.59. The van der Waals surface area contributed by atoms with Crippen molar-refractivity contribution in [1.82, 2.24) is 4.90 Å². The van der Waals surface area contributed by atoms with Gasteiger partial charge in [-0.25, -0.2) is 9.18 Å². The molecular weight excluding hydrogens is 393 g/mol. The zero-order valence-corrected chi connectivity index (χ0v) is 17.1. The second-order valence-corrected chi connectivity index (χ2v) is 6.96. The van der Waals surface area contributed by atoms with E-state index >= 15 is 0 Å². The highest BCUT2D eigenvalue weighted by molar-refractivity contribution is 5.94. The number of rotatable bonds is 8. The molecule has 0 spiro atoms. The van der Waals surface area contributed by atoms with Crippen LogP contribution in [-0.2, 0) is 9.47 Å². The monoisotopic (exact) mass is 417 g/mol. The van der Waals surface area contributed by atoms with E-state index in [-0.39, 0.29) is 34.6 Å². The first-order chi connectivity index (χ1) is 14.4. The van der Waals surface area contributed by atoms with Crippen LogP contribution in [0.5, 0.6) is 17.2 Å². The fourth-order valence-corrected chi connectivity index (χ4v) is 2.98. The Morgan fingerprint density at radius 1 is 1.07 bits per heavy atom. The minimum Gasteiger partial charge on any atom is -0.488 e. The molecule has 160 valence electrons. The van der Waals surface area contributed by atoms with E-state index in [0.717, 1.165) is 12.5 Å². The molecule has 0 saturated carbocycles. The summed E-state index contributed by atoms with van der Waals surface area (Å²) in [5, 5.41) is 0. The highest BCUT2D eigenvalue weighted by Crippen LogP contribution is 2.30. The van der Waals surface area contributed by atoms with Crippen LogP contribution < -0.4 is 9.47 Å². The lowest BCUT2D eigenvalue weighted by Crippen LogP contribution is -2.42. The fourth-order valence-electron chi connectivity index (χ4n) is 2.98. The van der Waals surface area contributed by atoms with E-state index in [1.165, 1.54) is 37.4 Å². The van der Waals surface area contributed by atoms with Crippen LogP contribution in [0.15, 0.2) is 36.4 Å². The number of hydrogen-bond donors (Lipinski definition) is 0. The van der Waals surface area contributed by atoms with Crippen molar-refractivity contribution in [3.63, 3.8) is 0 Å². The zero-order chi connectivity index (χ0) is 21.7. The summed E-state index contributed by atoms with van der Waals surface area (Å²) in [4.78, 5) is 25.9. The van der Waals surface area contributed by atoms with Gasteiger partial charge < -0.3 is 23.8 Å². The van der Waals surface area contributed by atoms with E-state index in [1.807, 2.05) is 6.92 Å². The summed E-state index contributed by atoms with van der Waals surface area (Å²) in [6.07, 6.45) is 0.679. The molecule has 1 fully saturated rings. The quantitative estimate of drug-likeness (QED) is 0.611. The number of benzene rings is 2. The van der Waals surface area contributed by atoms with Crippen molar-refractivity contribution >= 4 is 11.9 Å². The van der Waals surface area contributed by atoms with Crippen molar-refractivity contribution in [3.05, 3.63) is 53.3 Å². The molecule has 1 aliphatic rings. The van der Waals surface area contributed by atoms with Crippen molar-refractivity contribution in [2.24, 2.45) is 0 Å². The summed E-state index contributed by atoms with van der Waals surface area (Å²) >= 11 is 0. The van der Waals surface area contributed by atoms with Crippen LogP contribution in [-0.4, -0.2) is 56.8 Å². The predicted octanol–water partition coefficient (Wildman–Crippen LogP) is 3.66. The maximum absolute atomic E-state index is 14.6. The number of carbonyl (C=O) groups is 2. The Bertz CT molecular complexity index is 928. The lowest BCUT2D eigenvalue weighted by Gasteiger charge is -2.30. The summed E-state index contributed by atoms with van der Waals surface area (Å²) in [6.45, 7) is 3.52. The molecule has 1 unspecified atom stereocenters. The van der Waals surface area contributed by atoms with E-state index in [1.54, 1.807) is 12.0 Å². The van der Waals surface area contributed by atoms with E-state index in [2.05, 4.69) is 0 Å². The van der Waals surface area contributed by atoms with Gasteiger partial charge in [-0.3, -0.25) is 4.79 Å². The standard InChI is InChI=1S/C22H24FNO6/c1-14(13-27-2)29-17-9-16(22(26)28-3)10-18(12-17)30-20-6-5-15(11-19(20)23)21(25)24-7-4-8-24/h5-6,9-12,14H,4,7-8,13H2,1-3H3. The minimum absolute atomic E-state index is 0.0759. The Morgan fingerprint density at radius 2 is 1.80 bits per heavy atom. The smallest absolute Gasteiger partial charge is 0.338 e. The summed E-state index contributed by atoms with van der Waals surface area (Å²) in [5.41, 5.74) is 0.458. The van der Waals surface area contributed by atoms with Crippen LogP contribution in [0, 0.1) is 5.82 Å². The molecule has 1 saturated heterocycles. The van der Waals surface area contributed by atoms with Gasteiger partial charge in [-0.15, -0.1) is 0 Å². The average molecular weight is 417 g/mol. The topological polar surface area (TPSA) is 74.3 Å². The molecule has 2 aromatic rings. The lowest BCUT2D eigenvalue weighted by atomic mass is 10.1. The second kappa shape index (κ2) is 9.58. The van der Waals surface area contributed by atoms with Crippen LogP contribution in [0.3, 0.4) is 0 Å². The van der Waals surface area contributed by atoms with Crippen molar-refractivity contribution < 1.29 is 32.9 Å². The normalized spacial score (nSPS) is 13.9. The van der Waals surface area contributed by atoms with Crippen LogP contribution in [0.1, 0.15) is 34.1 Å². The zero-order valence-electron chi connectivity index (χ0n) is 17.1. The van der Waals surface area contributed by atoms with Crippen molar-refractivity contribution in [2.75, 3.05) is 33.9 Å². The van der Waals surface area contributed by atoms with Gasteiger partial charge in [0.05, 0.1) is 19.3 Å². The Hall–Kier alpha value is -3.13. The summed E-state index contributed by atoms with van der Waals surface area (Å²) in [5.74, 6) is -1.00. The largest absolute Gasteiger partial charge is 0.488 e. The molecule has 1 atom stereocenters. The first-order valence-electron chi connectivity index (χ1n) is 9.57. The van der Waals surface area contributed by atoms with Crippen LogP contribution in [0.25, 0.3) is 0 Å². The Morgan fingerprint density at radius 3 is 2.40 bits per heavy atom. The number of methoxy groups -OCH3 is 2. The van der Waals surface area contributed by atoms with Gasteiger partial charge in [0.25, 0.3) is 5.91 Å². The van der Waals surface area contributed by atoms with Gasteiger partial charge in [0, 0.05) is 31.8 Å². The molecule has 0 radical (unpaired) electrons. The Labute approximate surface area is 174 Å². The Kier molecular flexibility index (Phi) is 6.89. The van der Waals surface area contributed by atoms with E-state index in [4.69, 9.17) is 18.9 Å². The van der Waals surface area contributed by atoms with Gasteiger partial charge in [0.15, 0.2) is 11.6 Å². The number of carbonyl (C=O) groups excluding carboxylic acids is 2. The van der Waals surface area contributed by atoms with Gasteiger partial charge in [-0.2, -0.15) is 0 Å². The molecule has 8 heteroatoms. The molecule has 0 aromatic heterocycles. The number of amides is 1. The lowest BCUT2D eigenvalue weighted by molar-refractivity contribution is 0.0597. The number of nitrogens with zero attached hydrogens (tertiary/aromatic N) is 1. The van der Waals surface area contributed by atoms with Gasteiger partial charge in [-0.1, -0.05) is 0 Å². The molecule has 1 heterocycles. The van der Waals surface area contributed by atoms with E-state index in [0.29, 0.717) is 25.4 Å². The molecule has 0 N–H and O–H groups in total. The maximum atomic E-state index is 14.6. The summed E-state index contributed by atoms with van der Waals surface area (Å²) in [6, 6.07) is 8.53. The molecule has 1 amide bonds. The molecule has 1 aliphatic heterocycles. The van der Waals surface area contributed by atoms with Crippen LogP contribution in [0.4, 0.5) is 4.39 Å². The molecule has 30 heavy (non-hydrogen) atoms. The van der Waals surface area contributed by atoms with E-state index < -0.39 is 11.8 Å². The van der Waals surface area contributed by atoms with E-state index in [9.17, 15) is 14.0 Å². The van der Waals surface area contributed by atoms with Crippen molar-refractivity contribution in [2.45, 2.75) is 19.4 Å². The maximum Gasteiger partial charge on any atom is 0.338 e. The third kappa shape index (κ3) is 5.07. The molecule has 2 aromatic carbocycles. The second-order valence-electron chi connectivity index (χ2n) is 6.96. The van der Waals surface area contributed by atoms with Crippen LogP contribution >= 0.6 is 0 Å². The fraction of sp³-hybridized carbons (Fsp3) is 0.364. The highest BCUT2D eigenvalue weighted by Gasteiger charge is 2.22.